The number of nitrogens with two attached hydrogens (primary N) is 1. The van der Waals surface area contributed by atoms with Crippen LogP contribution in [0.2, 0.25) is 0 Å². The molecule has 4 heteroatoms. The van der Waals surface area contributed by atoms with Gasteiger partial charge in [0.05, 0.1) is 5.84 Å². The fourth-order valence-electron chi connectivity index (χ4n) is 0.898. The SMILES string of the molecule is CC(C)N=C(N)C(C)C.CC(C)NC(=O)C(C)C. The van der Waals surface area contributed by atoms with Crippen molar-refractivity contribution in [2.45, 2.75) is 67.5 Å². The molecule has 3 N–H and O–H groups in total. The van der Waals surface area contributed by atoms with E-state index in [9.17, 15) is 4.79 Å². The summed E-state index contributed by atoms with van der Waals surface area (Å²) in [4.78, 5) is 15.0. The summed E-state index contributed by atoms with van der Waals surface area (Å²) in [5.74, 6) is 1.37. The normalized spacial score (nSPS) is 11.9. The van der Waals surface area contributed by atoms with Crippen LogP contribution in [0.3, 0.4) is 0 Å². The van der Waals surface area contributed by atoms with Crippen LogP contribution in [0.15, 0.2) is 4.99 Å². The minimum absolute atomic E-state index is 0.104. The molecular formula is C14H31N3O. The van der Waals surface area contributed by atoms with E-state index in [0.29, 0.717) is 12.0 Å². The van der Waals surface area contributed by atoms with E-state index in [1.165, 1.54) is 0 Å². The highest BCUT2D eigenvalue weighted by Crippen LogP contribution is 1.94. The Hall–Kier alpha value is -1.06. The van der Waals surface area contributed by atoms with Crippen molar-refractivity contribution in [3.63, 3.8) is 0 Å². The van der Waals surface area contributed by atoms with Gasteiger partial charge in [-0.05, 0) is 27.7 Å². The maximum Gasteiger partial charge on any atom is 0.222 e. The number of hydrogen-bond acceptors (Lipinski definition) is 2. The first-order valence-corrected chi connectivity index (χ1v) is 6.71. The van der Waals surface area contributed by atoms with Gasteiger partial charge in [0.1, 0.15) is 0 Å². The molecule has 0 saturated heterocycles. The van der Waals surface area contributed by atoms with Crippen LogP contribution in [0.25, 0.3) is 0 Å². The van der Waals surface area contributed by atoms with Crippen molar-refractivity contribution < 1.29 is 4.79 Å². The summed E-state index contributed by atoms with van der Waals surface area (Å²) in [5, 5.41) is 2.80. The molecule has 0 saturated carbocycles. The fraction of sp³-hybridized carbons (Fsp3) is 0.857. The van der Waals surface area contributed by atoms with Crippen LogP contribution in [0.4, 0.5) is 0 Å². The Morgan fingerprint density at radius 3 is 1.50 bits per heavy atom. The number of nitrogens with one attached hydrogen (secondary N) is 1. The van der Waals surface area contributed by atoms with Gasteiger partial charge in [0, 0.05) is 23.9 Å². The Labute approximate surface area is 112 Å². The minimum Gasteiger partial charge on any atom is -0.387 e. The molecular weight excluding hydrogens is 226 g/mol. The highest BCUT2D eigenvalue weighted by molar-refractivity contribution is 5.82. The van der Waals surface area contributed by atoms with Crippen LogP contribution in [-0.4, -0.2) is 23.8 Å². The zero-order valence-electron chi connectivity index (χ0n) is 13.2. The quantitative estimate of drug-likeness (QED) is 0.600. The first-order valence-electron chi connectivity index (χ1n) is 6.71. The first kappa shape index (κ1) is 19.3. The summed E-state index contributed by atoms with van der Waals surface area (Å²) in [7, 11) is 0. The van der Waals surface area contributed by atoms with Crippen molar-refractivity contribution in [2.24, 2.45) is 22.6 Å². The molecule has 0 aliphatic heterocycles. The summed E-state index contributed by atoms with van der Waals surface area (Å²) in [6.45, 7) is 15.8. The molecule has 0 heterocycles. The molecule has 108 valence electrons. The fourth-order valence-corrected chi connectivity index (χ4v) is 0.898. The Kier molecular flexibility index (Phi) is 10.6. The molecule has 18 heavy (non-hydrogen) atoms. The number of amidine groups is 1. The zero-order valence-corrected chi connectivity index (χ0v) is 13.2. The number of nitrogens with zero attached hydrogens (tertiary/aromatic N) is 1. The molecule has 0 radical (unpaired) electrons. The van der Waals surface area contributed by atoms with Gasteiger partial charge in [-0.25, -0.2) is 0 Å². The second-order valence-electron chi connectivity index (χ2n) is 5.62. The molecule has 4 nitrogen and oxygen atoms in total. The maximum absolute atomic E-state index is 10.8. The highest BCUT2D eigenvalue weighted by atomic mass is 16.1. The number of rotatable bonds is 4. The lowest BCUT2D eigenvalue weighted by molar-refractivity contribution is -0.124. The second kappa shape index (κ2) is 9.92. The Morgan fingerprint density at radius 1 is 0.944 bits per heavy atom. The van der Waals surface area contributed by atoms with Gasteiger partial charge in [-0.1, -0.05) is 27.7 Å². The Bertz CT molecular complexity index is 256. The number of carbonyl (C=O) groups excluding carboxylic acids is 1. The second-order valence-corrected chi connectivity index (χ2v) is 5.62. The van der Waals surface area contributed by atoms with E-state index in [1.54, 1.807) is 0 Å². The van der Waals surface area contributed by atoms with Gasteiger partial charge in [-0.2, -0.15) is 0 Å². The lowest BCUT2D eigenvalue weighted by Crippen LogP contribution is -2.33. The third-order valence-electron chi connectivity index (χ3n) is 1.95. The molecule has 0 bridgehead atoms. The number of amides is 1. The van der Waals surface area contributed by atoms with E-state index >= 15 is 0 Å². The van der Waals surface area contributed by atoms with E-state index in [-0.39, 0.29) is 17.9 Å². The predicted molar refractivity (Wildman–Crippen MR) is 79.7 cm³/mol. The molecule has 0 spiro atoms. The molecule has 0 fully saturated rings. The van der Waals surface area contributed by atoms with Crippen molar-refractivity contribution >= 4 is 11.7 Å². The van der Waals surface area contributed by atoms with E-state index in [2.05, 4.69) is 10.3 Å². The van der Waals surface area contributed by atoms with Gasteiger partial charge in [0.2, 0.25) is 5.91 Å². The molecule has 0 aliphatic carbocycles. The van der Waals surface area contributed by atoms with E-state index in [0.717, 1.165) is 5.84 Å². The van der Waals surface area contributed by atoms with Crippen molar-refractivity contribution in [2.75, 3.05) is 0 Å². The molecule has 0 aromatic carbocycles. The largest absolute Gasteiger partial charge is 0.387 e. The molecule has 1 amide bonds. The molecule has 0 unspecified atom stereocenters. The van der Waals surface area contributed by atoms with Crippen LogP contribution < -0.4 is 11.1 Å². The lowest BCUT2D eigenvalue weighted by atomic mass is 10.2. The molecule has 0 aliphatic rings. The third-order valence-corrected chi connectivity index (χ3v) is 1.95. The highest BCUT2D eigenvalue weighted by Gasteiger charge is 2.06. The van der Waals surface area contributed by atoms with Crippen LogP contribution in [0.1, 0.15) is 55.4 Å². The standard InChI is InChI=1S/C7H16N2.C7H15NO/c1-5(2)7(8)9-6(3)4;1-5(2)7(9)8-6(3)4/h5-6H,1-4H3,(H2,8,9);5-6H,1-4H3,(H,8,9). The minimum atomic E-state index is 0.104. The number of carbonyl (C=O) groups is 1. The van der Waals surface area contributed by atoms with Crippen LogP contribution in [0, 0.1) is 11.8 Å². The summed E-state index contributed by atoms with van der Waals surface area (Å²) < 4.78 is 0. The smallest absolute Gasteiger partial charge is 0.222 e. The van der Waals surface area contributed by atoms with Gasteiger partial charge in [-0.3, -0.25) is 9.79 Å². The average Bonchev–Trinajstić information content (AvgIpc) is 2.16. The molecule has 0 rings (SSSR count). The van der Waals surface area contributed by atoms with E-state index in [4.69, 9.17) is 5.73 Å². The first-order chi connectivity index (χ1) is 8.07. The van der Waals surface area contributed by atoms with Crippen LogP contribution in [0.5, 0.6) is 0 Å². The van der Waals surface area contributed by atoms with Crippen molar-refractivity contribution in [3.05, 3.63) is 0 Å². The lowest BCUT2D eigenvalue weighted by Gasteiger charge is -2.09. The van der Waals surface area contributed by atoms with Crippen LogP contribution in [-0.2, 0) is 4.79 Å². The van der Waals surface area contributed by atoms with Crippen molar-refractivity contribution in [1.82, 2.24) is 5.32 Å². The van der Waals surface area contributed by atoms with Gasteiger partial charge in [-0.15, -0.1) is 0 Å². The summed E-state index contributed by atoms with van der Waals surface area (Å²) in [6, 6.07) is 0.590. The topological polar surface area (TPSA) is 67.5 Å². The number of hydrogen-bond donors (Lipinski definition) is 2. The average molecular weight is 257 g/mol. The summed E-state index contributed by atoms with van der Waals surface area (Å²) >= 11 is 0. The van der Waals surface area contributed by atoms with E-state index < -0.39 is 0 Å². The monoisotopic (exact) mass is 257 g/mol. The maximum atomic E-state index is 10.8. The van der Waals surface area contributed by atoms with Crippen molar-refractivity contribution in [1.29, 1.82) is 0 Å². The van der Waals surface area contributed by atoms with Crippen molar-refractivity contribution in [3.8, 4) is 0 Å². The van der Waals surface area contributed by atoms with E-state index in [1.807, 2.05) is 55.4 Å². The van der Waals surface area contributed by atoms with Gasteiger partial charge in [0.25, 0.3) is 0 Å². The predicted octanol–water partition coefficient (Wildman–Crippen LogP) is 2.58. The molecule has 0 aromatic heterocycles. The van der Waals surface area contributed by atoms with Gasteiger partial charge >= 0.3 is 0 Å². The summed E-state index contributed by atoms with van der Waals surface area (Å²) in [6.07, 6.45) is 0. The molecule has 0 atom stereocenters. The van der Waals surface area contributed by atoms with Crippen LogP contribution >= 0.6 is 0 Å². The Morgan fingerprint density at radius 2 is 1.39 bits per heavy atom. The number of aliphatic imine (C=N–C) groups is 1. The molecule has 0 aromatic rings. The van der Waals surface area contributed by atoms with Gasteiger partial charge < -0.3 is 11.1 Å². The van der Waals surface area contributed by atoms with Gasteiger partial charge in [0.15, 0.2) is 0 Å². The third kappa shape index (κ3) is 13.0. The Balaban J connectivity index is 0. The summed E-state index contributed by atoms with van der Waals surface area (Å²) in [5.41, 5.74) is 5.57. The zero-order chi connectivity index (χ0) is 14.9.